The van der Waals surface area contributed by atoms with Gasteiger partial charge in [-0.1, -0.05) is 6.07 Å². The van der Waals surface area contributed by atoms with E-state index in [1.54, 1.807) is 7.11 Å². The number of aliphatic hydroxyl groups excluding tert-OH is 1. The Hall–Kier alpha value is -2.58. The zero-order chi connectivity index (χ0) is 21.1. The number of hydrogen-bond donors (Lipinski definition) is 4. The molecule has 2 fully saturated rings. The van der Waals surface area contributed by atoms with Gasteiger partial charge in [-0.2, -0.15) is 0 Å². The van der Waals surface area contributed by atoms with Crippen molar-refractivity contribution < 1.29 is 19.4 Å². The summed E-state index contributed by atoms with van der Waals surface area (Å²) < 4.78 is 5.38. The minimum absolute atomic E-state index is 0.0164. The van der Waals surface area contributed by atoms with Gasteiger partial charge in [0.25, 0.3) is 5.91 Å². The number of nitrogens with zero attached hydrogens (tertiary/aromatic N) is 1. The van der Waals surface area contributed by atoms with Crippen LogP contribution in [-0.4, -0.2) is 71.7 Å². The van der Waals surface area contributed by atoms with E-state index in [4.69, 9.17) is 9.84 Å². The van der Waals surface area contributed by atoms with Crippen LogP contribution in [0.3, 0.4) is 0 Å². The lowest BCUT2D eigenvalue weighted by Gasteiger charge is -2.40. The second-order valence-electron chi connectivity index (χ2n) is 8.25. The summed E-state index contributed by atoms with van der Waals surface area (Å²) >= 11 is 0. The second-order valence-corrected chi connectivity index (χ2v) is 8.25. The molecule has 2 aliphatic heterocycles. The van der Waals surface area contributed by atoms with Crippen molar-refractivity contribution in [3.8, 4) is 5.75 Å². The van der Waals surface area contributed by atoms with Crippen LogP contribution in [0.5, 0.6) is 5.75 Å². The number of carbonyl (C=O) groups excluding carboxylic acids is 2. The van der Waals surface area contributed by atoms with E-state index in [9.17, 15) is 9.59 Å². The minimum atomic E-state index is -0.560. The lowest BCUT2D eigenvalue weighted by atomic mass is 9.84. The molecule has 2 atom stereocenters. The Morgan fingerprint density at radius 1 is 1.37 bits per heavy atom. The number of amides is 2. The fraction of sp³-hybridized carbons (Fsp3) is 0.545. The van der Waals surface area contributed by atoms with Gasteiger partial charge in [0.15, 0.2) is 0 Å². The summed E-state index contributed by atoms with van der Waals surface area (Å²) in [5.74, 6) is 0.566. The van der Waals surface area contributed by atoms with Crippen molar-refractivity contribution in [3.05, 3.63) is 30.0 Å². The number of aromatic amines is 1. The van der Waals surface area contributed by atoms with Crippen molar-refractivity contribution in [1.29, 1.82) is 0 Å². The molecule has 4 N–H and O–H groups in total. The van der Waals surface area contributed by atoms with Crippen molar-refractivity contribution >= 4 is 22.7 Å². The first-order valence-electron chi connectivity index (χ1n) is 10.7. The van der Waals surface area contributed by atoms with Crippen LogP contribution >= 0.6 is 0 Å². The predicted molar refractivity (Wildman–Crippen MR) is 114 cm³/mol. The van der Waals surface area contributed by atoms with Crippen molar-refractivity contribution in [2.24, 2.45) is 0 Å². The molecular weight excluding hydrogens is 384 g/mol. The van der Waals surface area contributed by atoms with E-state index in [1.165, 1.54) is 0 Å². The first-order chi connectivity index (χ1) is 14.6. The molecule has 0 radical (unpaired) electrons. The number of aliphatic hydroxyl groups is 1. The van der Waals surface area contributed by atoms with Gasteiger partial charge in [0.1, 0.15) is 17.0 Å². The van der Waals surface area contributed by atoms with Gasteiger partial charge in [0.05, 0.1) is 7.11 Å². The second kappa shape index (κ2) is 8.65. The van der Waals surface area contributed by atoms with Gasteiger partial charge in [-0.25, -0.2) is 0 Å². The van der Waals surface area contributed by atoms with Crippen LogP contribution in [-0.2, 0) is 4.79 Å². The Labute approximate surface area is 176 Å². The van der Waals surface area contributed by atoms with Gasteiger partial charge in [0.2, 0.25) is 5.91 Å². The maximum absolute atomic E-state index is 13.0. The molecule has 0 spiro atoms. The maximum Gasteiger partial charge on any atom is 0.267 e. The third kappa shape index (κ3) is 3.77. The van der Waals surface area contributed by atoms with Crippen LogP contribution in [0.25, 0.3) is 10.9 Å². The largest absolute Gasteiger partial charge is 0.496 e. The number of hydrogen-bond acceptors (Lipinski definition) is 5. The molecular formula is C22H30N4O4. The molecule has 3 heterocycles. The van der Waals surface area contributed by atoms with E-state index >= 15 is 0 Å². The van der Waals surface area contributed by atoms with E-state index in [-0.39, 0.29) is 24.5 Å². The summed E-state index contributed by atoms with van der Waals surface area (Å²) in [7, 11) is 1.61. The van der Waals surface area contributed by atoms with Crippen LogP contribution < -0.4 is 15.4 Å². The molecule has 30 heavy (non-hydrogen) atoms. The van der Waals surface area contributed by atoms with Gasteiger partial charge in [-0.3, -0.25) is 14.5 Å². The highest BCUT2D eigenvalue weighted by atomic mass is 16.5. The van der Waals surface area contributed by atoms with E-state index in [0.29, 0.717) is 31.6 Å². The number of piperidine rings is 1. The Morgan fingerprint density at radius 2 is 2.23 bits per heavy atom. The molecule has 8 heteroatoms. The highest BCUT2D eigenvalue weighted by Gasteiger charge is 2.52. The molecule has 1 aromatic heterocycles. The third-order valence-electron chi connectivity index (χ3n) is 6.37. The summed E-state index contributed by atoms with van der Waals surface area (Å²) in [5, 5.41) is 16.0. The van der Waals surface area contributed by atoms with Gasteiger partial charge < -0.3 is 25.5 Å². The average Bonchev–Trinajstić information content (AvgIpc) is 3.35. The van der Waals surface area contributed by atoms with Crippen LogP contribution in [0, 0.1) is 0 Å². The fourth-order valence-corrected chi connectivity index (χ4v) is 4.91. The topological polar surface area (TPSA) is 107 Å². The lowest BCUT2D eigenvalue weighted by Crippen LogP contribution is -2.57. The number of ether oxygens (including phenoxy) is 1. The Bertz CT molecular complexity index is 927. The fourth-order valence-electron chi connectivity index (χ4n) is 4.91. The molecule has 0 saturated carbocycles. The molecule has 162 valence electrons. The molecule has 2 aromatic rings. The molecule has 2 amide bonds. The van der Waals surface area contributed by atoms with E-state index in [1.807, 2.05) is 24.3 Å². The van der Waals surface area contributed by atoms with Gasteiger partial charge in [-0.15, -0.1) is 0 Å². The van der Waals surface area contributed by atoms with Crippen LogP contribution in [0.4, 0.5) is 0 Å². The smallest absolute Gasteiger partial charge is 0.267 e. The first-order valence-corrected chi connectivity index (χ1v) is 10.7. The molecule has 0 unspecified atom stereocenters. The number of carbonyl (C=O) groups is 2. The van der Waals surface area contributed by atoms with E-state index in [0.717, 1.165) is 42.5 Å². The molecule has 0 aliphatic carbocycles. The van der Waals surface area contributed by atoms with Crippen molar-refractivity contribution in [2.75, 3.05) is 33.4 Å². The highest BCUT2D eigenvalue weighted by molar-refractivity contribution is 6.00. The predicted octanol–water partition coefficient (Wildman–Crippen LogP) is 1.40. The number of benzene rings is 1. The highest BCUT2D eigenvalue weighted by Crippen LogP contribution is 2.38. The Balaban J connectivity index is 1.47. The lowest BCUT2D eigenvalue weighted by molar-refractivity contribution is -0.133. The Morgan fingerprint density at radius 3 is 3.03 bits per heavy atom. The van der Waals surface area contributed by atoms with Gasteiger partial charge in [-0.05, 0) is 56.8 Å². The molecule has 2 aliphatic rings. The molecule has 8 nitrogen and oxygen atoms in total. The molecule has 2 saturated heterocycles. The average molecular weight is 415 g/mol. The minimum Gasteiger partial charge on any atom is -0.496 e. The number of rotatable bonds is 7. The Kier molecular flexibility index (Phi) is 5.97. The van der Waals surface area contributed by atoms with E-state index < -0.39 is 5.54 Å². The summed E-state index contributed by atoms with van der Waals surface area (Å²) in [5.41, 5.74) is 0.777. The zero-order valence-corrected chi connectivity index (χ0v) is 17.4. The quantitative estimate of drug-likeness (QED) is 0.513. The number of H-pyrrole nitrogens is 1. The maximum atomic E-state index is 13.0. The normalized spacial score (nSPS) is 23.9. The summed E-state index contributed by atoms with van der Waals surface area (Å²) in [6.07, 6.45) is 4.02. The van der Waals surface area contributed by atoms with E-state index in [2.05, 4.69) is 20.5 Å². The summed E-state index contributed by atoms with van der Waals surface area (Å²) in [6.45, 7) is 2.07. The zero-order valence-electron chi connectivity index (χ0n) is 17.4. The van der Waals surface area contributed by atoms with Crippen LogP contribution in [0.15, 0.2) is 24.3 Å². The van der Waals surface area contributed by atoms with Crippen molar-refractivity contribution in [3.63, 3.8) is 0 Å². The number of methoxy groups -OCH3 is 1. The summed E-state index contributed by atoms with van der Waals surface area (Å²) in [6, 6.07) is 7.38. The number of aromatic nitrogens is 1. The molecule has 4 rings (SSSR count). The third-order valence-corrected chi connectivity index (χ3v) is 6.37. The summed E-state index contributed by atoms with van der Waals surface area (Å²) in [4.78, 5) is 31.3. The number of nitrogens with one attached hydrogen (secondary N) is 3. The molecule has 0 bridgehead atoms. The first kappa shape index (κ1) is 20.7. The van der Waals surface area contributed by atoms with Crippen molar-refractivity contribution in [1.82, 2.24) is 20.5 Å². The standard InChI is InChI=1S/C22H30N4O4/c1-30-19-7-4-6-17-16(19)12-18(25-17)20(28)24-15-13-22(21(29)23-9-5-11-27)8-2-3-10-26(22)14-15/h4,6-7,12,15,25,27H,2-3,5,8-11,13-14H2,1H3,(H,23,29)(H,24,28)/t15-,22-/m0/s1. The van der Waals surface area contributed by atoms with Gasteiger partial charge in [0, 0.05) is 36.6 Å². The number of fused-ring (bicyclic) bond motifs is 2. The van der Waals surface area contributed by atoms with Crippen molar-refractivity contribution in [2.45, 2.75) is 43.7 Å². The molecule has 1 aromatic carbocycles. The monoisotopic (exact) mass is 414 g/mol. The van der Waals surface area contributed by atoms with Crippen LogP contribution in [0.2, 0.25) is 0 Å². The van der Waals surface area contributed by atoms with Crippen LogP contribution in [0.1, 0.15) is 42.6 Å². The SMILES string of the molecule is COc1cccc2[nH]c(C(=O)N[C@@H]3CN4CCCC[C@@]4(C(=O)NCCCO)C3)cc12. The van der Waals surface area contributed by atoms with Gasteiger partial charge >= 0.3 is 0 Å².